The van der Waals surface area contributed by atoms with Crippen LogP contribution in [-0.2, 0) is 19.4 Å². The van der Waals surface area contributed by atoms with Crippen molar-refractivity contribution in [2.75, 3.05) is 0 Å². The number of tetrazole rings is 1. The van der Waals surface area contributed by atoms with Crippen LogP contribution >= 0.6 is 0 Å². The molecule has 0 saturated heterocycles. The lowest BCUT2D eigenvalue weighted by molar-refractivity contribution is 0.638. The van der Waals surface area contributed by atoms with Gasteiger partial charge in [0.25, 0.3) is 0 Å². The molecule has 0 bridgehead atoms. The lowest BCUT2D eigenvalue weighted by Gasteiger charge is -2.09. The molecule has 0 fully saturated rings. The highest BCUT2D eigenvalue weighted by Crippen LogP contribution is 2.29. The maximum atomic E-state index is 4.74. The van der Waals surface area contributed by atoms with Crippen LogP contribution in [0.1, 0.15) is 43.9 Å². The Morgan fingerprint density at radius 3 is 2.55 bits per heavy atom. The molecule has 4 rings (SSSR count). The molecule has 0 unspecified atom stereocenters. The fraction of sp³-hybridized carbons (Fsp3) is 0.292. The maximum absolute atomic E-state index is 4.74. The van der Waals surface area contributed by atoms with E-state index in [1.165, 1.54) is 5.56 Å². The standard InChI is InChI=1S/C24H25N7/c1-3-5-11-22-25-23(12-6-4-2)31(28-22)17-18-13-15-19(16-14-18)20-9-7-8-10-21(20)24-26-29-30-27-24/h7-10,13-16H,3,5,11-12,17H2,1-2H3,(H,26,27,29,30). The Bertz CT molecular complexity index is 1180. The molecule has 31 heavy (non-hydrogen) atoms. The molecule has 7 heteroatoms. The number of unbranched alkanes of at least 4 members (excludes halogenated alkanes) is 1. The van der Waals surface area contributed by atoms with Gasteiger partial charge >= 0.3 is 0 Å². The third kappa shape index (κ3) is 4.86. The van der Waals surface area contributed by atoms with Crippen LogP contribution in [0.2, 0.25) is 0 Å². The van der Waals surface area contributed by atoms with E-state index in [0.717, 1.165) is 47.6 Å². The Morgan fingerprint density at radius 2 is 1.84 bits per heavy atom. The summed E-state index contributed by atoms with van der Waals surface area (Å²) in [6.45, 7) is 4.70. The minimum absolute atomic E-state index is 0.587. The summed E-state index contributed by atoms with van der Waals surface area (Å²) in [5, 5.41) is 19.2. The summed E-state index contributed by atoms with van der Waals surface area (Å²) < 4.78 is 1.98. The van der Waals surface area contributed by atoms with E-state index in [-0.39, 0.29) is 0 Å². The molecule has 0 spiro atoms. The summed E-state index contributed by atoms with van der Waals surface area (Å²) in [6, 6.07) is 16.6. The predicted octanol–water partition coefficient (Wildman–Crippen LogP) is 4.08. The Labute approximate surface area is 181 Å². The molecule has 4 aromatic rings. The summed E-state index contributed by atoms with van der Waals surface area (Å²) in [4.78, 5) is 4.71. The number of benzene rings is 2. The van der Waals surface area contributed by atoms with Crippen LogP contribution in [0.5, 0.6) is 0 Å². The maximum Gasteiger partial charge on any atom is 0.205 e. The Balaban J connectivity index is 1.57. The monoisotopic (exact) mass is 411 g/mol. The summed E-state index contributed by atoms with van der Waals surface area (Å²) in [5.41, 5.74) is 4.28. The number of aromatic amines is 1. The van der Waals surface area contributed by atoms with Crippen LogP contribution in [0.3, 0.4) is 0 Å². The van der Waals surface area contributed by atoms with Crippen molar-refractivity contribution in [3.63, 3.8) is 0 Å². The van der Waals surface area contributed by atoms with Crippen molar-refractivity contribution in [2.45, 2.75) is 46.1 Å². The fourth-order valence-electron chi connectivity index (χ4n) is 3.46. The zero-order chi connectivity index (χ0) is 21.5. The highest BCUT2D eigenvalue weighted by atomic mass is 15.5. The number of aryl methyl sites for hydroxylation is 1. The van der Waals surface area contributed by atoms with E-state index < -0.39 is 0 Å². The van der Waals surface area contributed by atoms with Gasteiger partial charge in [-0.3, -0.25) is 0 Å². The molecule has 0 radical (unpaired) electrons. The molecule has 2 aromatic heterocycles. The van der Waals surface area contributed by atoms with Crippen molar-refractivity contribution in [2.24, 2.45) is 0 Å². The second kappa shape index (κ2) is 9.81. The molecule has 0 aliphatic rings. The van der Waals surface area contributed by atoms with E-state index in [0.29, 0.717) is 18.8 Å². The van der Waals surface area contributed by atoms with E-state index >= 15 is 0 Å². The van der Waals surface area contributed by atoms with Gasteiger partial charge < -0.3 is 0 Å². The number of H-pyrrole nitrogens is 1. The molecule has 0 amide bonds. The van der Waals surface area contributed by atoms with Gasteiger partial charge in [0, 0.05) is 12.0 Å². The molecule has 2 aromatic carbocycles. The largest absolute Gasteiger partial charge is 0.244 e. The summed E-state index contributed by atoms with van der Waals surface area (Å²) in [7, 11) is 0. The van der Waals surface area contributed by atoms with Gasteiger partial charge in [-0.15, -0.1) is 16.1 Å². The van der Waals surface area contributed by atoms with Gasteiger partial charge in [0.15, 0.2) is 5.82 Å². The van der Waals surface area contributed by atoms with Crippen molar-refractivity contribution < 1.29 is 0 Å². The smallest absolute Gasteiger partial charge is 0.205 e. The molecule has 0 aliphatic heterocycles. The van der Waals surface area contributed by atoms with E-state index in [2.05, 4.69) is 69.7 Å². The van der Waals surface area contributed by atoms with Gasteiger partial charge in [-0.25, -0.2) is 9.67 Å². The lowest BCUT2D eigenvalue weighted by atomic mass is 9.98. The number of nitrogens with zero attached hydrogens (tertiary/aromatic N) is 6. The Morgan fingerprint density at radius 1 is 1.03 bits per heavy atom. The number of aromatic nitrogens is 7. The van der Waals surface area contributed by atoms with Crippen LogP contribution in [-0.4, -0.2) is 35.4 Å². The number of hydrogen-bond donors (Lipinski definition) is 1. The van der Waals surface area contributed by atoms with Crippen LogP contribution in [0.25, 0.3) is 22.5 Å². The van der Waals surface area contributed by atoms with Crippen LogP contribution in [0.4, 0.5) is 0 Å². The van der Waals surface area contributed by atoms with E-state index in [1.807, 2.05) is 29.8 Å². The molecule has 0 atom stereocenters. The van der Waals surface area contributed by atoms with Gasteiger partial charge in [0.2, 0.25) is 5.82 Å². The molecular weight excluding hydrogens is 386 g/mol. The summed E-state index contributed by atoms with van der Waals surface area (Å²) in [5.74, 6) is 8.48. The summed E-state index contributed by atoms with van der Waals surface area (Å²) >= 11 is 0. The minimum Gasteiger partial charge on any atom is -0.244 e. The number of rotatable bonds is 8. The molecular formula is C24H25N7. The lowest BCUT2D eigenvalue weighted by Crippen LogP contribution is -2.07. The zero-order valence-electron chi connectivity index (χ0n) is 17.8. The van der Waals surface area contributed by atoms with Crippen molar-refractivity contribution >= 4 is 0 Å². The number of nitrogens with one attached hydrogen (secondary N) is 1. The van der Waals surface area contributed by atoms with E-state index in [9.17, 15) is 0 Å². The molecule has 0 aliphatic carbocycles. The first-order chi connectivity index (χ1) is 15.3. The van der Waals surface area contributed by atoms with Crippen molar-refractivity contribution in [3.05, 3.63) is 65.7 Å². The first-order valence-electron chi connectivity index (χ1n) is 10.5. The highest BCUT2D eigenvalue weighted by molar-refractivity contribution is 5.80. The highest BCUT2D eigenvalue weighted by Gasteiger charge is 2.12. The van der Waals surface area contributed by atoms with Gasteiger partial charge in [0.05, 0.1) is 13.0 Å². The van der Waals surface area contributed by atoms with Crippen LogP contribution in [0.15, 0.2) is 48.5 Å². The van der Waals surface area contributed by atoms with Crippen molar-refractivity contribution in [3.8, 4) is 34.4 Å². The second-order valence-electron chi connectivity index (χ2n) is 7.29. The second-order valence-corrected chi connectivity index (χ2v) is 7.29. The number of hydrogen-bond acceptors (Lipinski definition) is 5. The normalized spacial score (nSPS) is 10.6. The quantitative estimate of drug-likeness (QED) is 0.442. The van der Waals surface area contributed by atoms with Gasteiger partial charge in [-0.2, -0.15) is 10.3 Å². The van der Waals surface area contributed by atoms with Crippen LogP contribution in [0, 0.1) is 11.8 Å². The molecule has 0 saturated carbocycles. The van der Waals surface area contributed by atoms with Gasteiger partial charge in [-0.05, 0) is 35.2 Å². The minimum atomic E-state index is 0.587. The topological polar surface area (TPSA) is 85.2 Å². The first-order valence-corrected chi connectivity index (χ1v) is 10.5. The average molecular weight is 412 g/mol. The van der Waals surface area contributed by atoms with Crippen LogP contribution < -0.4 is 0 Å². The van der Waals surface area contributed by atoms with E-state index in [4.69, 9.17) is 10.1 Å². The fourth-order valence-corrected chi connectivity index (χ4v) is 3.46. The zero-order valence-corrected chi connectivity index (χ0v) is 17.8. The van der Waals surface area contributed by atoms with Gasteiger partial charge in [0.1, 0.15) is 5.82 Å². The third-order valence-electron chi connectivity index (χ3n) is 5.08. The SMILES string of the molecule is CC#CCc1nc(CCCC)nn1Cc1ccc(-c2ccccc2-c2nn[nH]n2)cc1. The average Bonchev–Trinajstić information content (AvgIpc) is 3.47. The molecule has 2 heterocycles. The molecule has 1 N–H and O–H groups in total. The predicted molar refractivity (Wildman–Crippen MR) is 120 cm³/mol. The first kappa shape index (κ1) is 20.5. The Hall–Kier alpha value is -3.79. The van der Waals surface area contributed by atoms with Crippen molar-refractivity contribution in [1.29, 1.82) is 0 Å². The summed E-state index contributed by atoms with van der Waals surface area (Å²) in [6.07, 6.45) is 3.75. The van der Waals surface area contributed by atoms with Gasteiger partial charge in [-0.1, -0.05) is 67.8 Å². The van der Waals surface area contributed by atoms with E-state index in [1.54, 1.807) is 0 Å². The molecule has 156 valence electrons. The molecule has 7 nitrogen and oxygen atoms in total. The van der Waals surface area contributed by atoms with Crippen molar-refractivity contribution in [1.82, 2.24) is 35.4 Å². The third-order valence-corrected chi connectivity index (χ3v) is 5.08. The Kier molecular flexibility index (Phi) is 6.48.